The van der Waals surface area contributed by atoms with Crippen LogP contribution in [0.5, 0.6) is 0 Å². The van der Waals surface area contributed by atoms with E-state index in [0.29, 0.717) is 13.2 Å². The van der Waals surface area contributed by atoms with E-state index in [1.807, 2.05) is 37.4 Å². The molecule has 4 nitrogen and oxygen atoms in total. The van der Waals surface area contributed by atoms with E-state index in [1.54, 1.807) is 7.11 Å². The van der Waals surface area contributed by atoms with E-state index >= 15 is 0 Å². The minimum absolute atomic E-state index is 0.273. The Kier molecular flexibility index (Phi) is 6.66. The number of ether oxygens (including phenoxy) is 1. The number of benzene rings is 1. The Bertz CT molecular complexity index is 429. The molecular weight excluding hydrogens is 250 g/mol. The van der Waals surface area contributed by atoms with Gasteiger partial charge >= 0.3 is 0 Å². The molecule has 0 amide bonds. The van der Waals surface area contributed by atoms with E-state index in [2.05, 4.69) is 30.1 Å². The Labute approximate surface area is 122 Å². The van der Waals surface area contributed by atoms with Crippen molar-refractivity contribution in [3.8, 4) is 6.07 Å². The Morgan fingerprint density at radius 3 is 2.50 bits per heavy atom. The van der Waals surface area contributed by atoms with Crippen LogP contribution >= 0.6 is 0 Å². The van der Waals surface area contributed by atoms with Crippen LogP contribution in [0.1, 0.15) is 19.4 Å². The first-order valence-corrected chi connectivity index (χ1v) is 7.02. The monoisotopic (exact) mass is 275 g/mol. The smallest absolute Gasteiger partial charge is 0.144 e. The quantitative estimate of drug-likeness (QED) is 0.788. The number of methoxy groups -OCH3 is 1. The molecule has 0 bridgehead atoms. The van der Waals surface area contributed by atoms with E-state index in [9.17, 15) is 5.26 Å². The largest absolute Gasteiger partial charge is 0.383 e. The number of likely N-dealkylation sites (N-methyl/N-ethyl adjacent to an activating group) is 2. The molecule has 2 unspecified atom stereocenters. The highest BCUT2D eigenvalue weighted by Crippen LogP contribution is 2.22. The maximum Gasteiger partial charge on any atom is 0.144 e. The normalized spacial score (nSPS) is 15.6. The molecule has 1 N–H and O–H groups in total. The van der Waals surface area contributed by atoms with Gasteiger partial charge in [-0.05, 0) is 26.1 Å². The molecule has 4 heteroatoms. The van der Waals surface area contributed by atoms with E-state index in [-0.39, 0.29) is 6.04 Å². The molecule has 1 rings (SSSR count). The van der Waals surface area contributed by atoms with Crippen LogP contribution in [0.4, 0.5) is 0 Å². The predicted molar refractivity (Wildman–Crippen MR) is 81.4 cm³/mol. The van der Waals surface area contributed by atoms with Crippen LogP contribution in [0.3, 0.4) is 0 Å². The fraction of sp³-hybridized carbons (Fsp3) is 0.562. The van der Waals surface area contributed by atoms with Gasteiger partial charge in [-0.2, -0.15) is 5.26 Å². The second-order valence-corrected chi connectivity index (χ2v) is 5.00. The summed E-state index contributed by atoms with van der Waals surface area (Å²) in [5.41, 5.74) is 0.298. The molecule has 0 spiro atoms. The van der Waals surface area contributed by atoms with Crippen LogP contribution in [0.2, 0.25) is 0 Å². The number of nitrogens with one attached hydrogen (secondary N) is 1. The van der Waals surface area contributed by atoms with Gasteiger partial charge in [0, 0.05) is 19.7 Å². The Morgan fingerprint density at radius 2 is 2.05 bits per heavy atom. The van der Waals surface area contributed by atoms with Gasteiger partial charge < -0.3 is 4.74 Å². The number of hydrogen-bond acceptors (Lipinski definition) is 4. The summed E-state index contributed by atoms with van der Waals surface area (Å²) in [5, 5.41) is 12.9. The van der Waals surface area contributed by atoms with Crippen molar-refractivity contribution in [1.29, 1.82) is 5.26 Å². The van der Waals surface area contributed by atoms with Crippen molar-refractivity contribution >= 4 is 0 Å². The Morgan fingerprint density at radius 1 is 1.40 bits per heavy atom. The topological polar surface area (TPSA) is 48.3 Å². The van der Waals surface area contributed by atoms with Gasteiger partial charge in [0.15, 0.2) is 0 Å². The Balaban J connectivity index is 3.00. The second-order valence-electron chi connectivity index (χ2n) is 5.00. The van der Waals surface area contributed by atoms with Crippen molar-refractivity contribution in [2.24, 2.45) is 0 Å². The molecule has 20 heavy (non-hydrogen) atoms. The SMILES string of the molecule is CCN(CC(C#N)(NC)c1ccccc1)C(C)COC. The molecule has 0 aliphatic carbocycles. The van der Waals surface area contributed by atoms with Gasteiger partial charge in [0.1, 0.15) is 5.54 Å². The standard InChI is InChI=1S/C16H25N3O/c1-5-19(14(2)11-20-4)13-16(12-17,18-3)15-9-7-6-8-10-15/h6-10,14,18H,5,11,13H2,1-4H3. The van der Waals surface area contributed by atoms with Gasteiger partial charge in [-0.25, -0.2) is 0 Å². The summed E-state index contributed by atoms with van der Waals surface area (Å²) in [6.45, 7) is 6.39. The summed E-state index contributed by atoms with van der Waals surface area (Å²) in [4.78, 5) is 2.26. The first-order valence-electron chi connectivity index (χ1n) is 7.02. The lowest BCUT2D eigenvalue weighted by molar-refractivity contribution is 0.0885. The number of rotatable bonds is 8. The summed E-state index contributed by atoms with van der Waals surface area (Å²) in [7, 11) is 3.54. The molecule has 0 aliphatic heterocycles. The molecule has 0 saturated carbocycles. The van der Waals surface area contributed by atoms with Crippen LogP contribution in [0.25, 0.3) is 0 Å². The lowest BCUT2D eigenvalue weighted by Crippen LogP contribution is -2.51. The van der Waals surface area contributed by atoms with Crippen molar-refractivity contribution in [2.75, 3.05) is 33.9 Å². The summed E-state index contributed by atoms with van der Waals surface area (Å²) >= 11 is 0. The van der Waals surface area contributed by atoms with Crippen molar-refractivity contribution in [2.45, 2.75) is 25.4 Å². The van der Waals surface area contributed by atoms with Gasteiger partial charge in [-0.15, -0.1) is 0 Å². The first kappa shape index (κ1) is 16.6. The molecule has 110 valence electrons. The predicted octanol–water partition coefficient (Wildman–Crippen LogP) is 1.98. The minimum atomic E-state index is -0.695. The highest BCUT2D eigenvalue weighted by atomic mass is 16.5. The molecule has 0 saturated heterocycles. The van der Waals surface area contributed by atoms with Gasteiger partial charge in [0.25, 0.3) is 0 Å². The molecular formula is C16H25N3O. The van der Waals surface area contributed by atoms with Crippen LogP contribution < -0.4 is 5.32 Å². The number of nitriles is 1. The molecule has 0 aliphatic rings. The third-order valence-corrected chi connectivity index (χ3v) is 3.76. The second kappa shape index (κ2) is 8.01. The zero-order chi connectivity index (χ0) is 15.0. The average molecular weight is 275 g/mol. The third kappa shape index (κ3) is 3.80. The van der Waals surface area contributed by atoms with E-state index in [4.69, 9.17) is 4.74 Å². The van der Waals surface area contributed by atoms with Crippen molar-refractivity contribution in [1.82, 2.24) is 10.2 Å². The average Bonchev–Trinajstić information content (AvgIpc) is 2.50. The summed E-state index contributed by atoms with van der Waals surface area (Å²) in [6.07, 6.45) is 0. The van der Waals surface area contributed by atoms with E-state index in [0.717, 1.165) is 12.1 Å². The lowest BCUT2D eigenvalue weighted by Gasteiger charge is -2.36. The van der Waals surface area contributed by atoms with Gasteiger partial charge in [0.2, 0.25) is 0 Å². The van der Waals surface area contributed by atoms with Crippen molar-refractivity contribution in [3.05, 3.63) is 35.9 Å². The first-order chi connectivity index (χ1) is 9.63. The van der Waals surface area contributed by atoms with Crippen LogP contribution in [-0.2, 0) is 10.3 Å². The molecule has 0 fully saturated rings. The van der Waals surface area contributed by atoms with Gasteiger partial charge in [-0.3, -0.25) is 10.2 Å². The van der Waals surface area contributed by atoms with Crippen molar-refractivity contribution < 1.29 is 4.74 Å². The highest BCUT2D eigenvalue weighted by molar-refractivity contribution is 5.32. The lowest BCUT2D eigenvalue weighted by atomic mass is 9.90. The van der Waals surface area contributed by atoms with E-state index in [1.165, 1.54) is 0 Å². The summed E-state index contributed by atoms with van der Waals surface area (Å²) < 4.78 is 5.23. The van der Waals surface area contributed by atoms with E-state index < -0.39 is 5.54 Å². The zero-order valence-corrected chi connectivity index (χ0v) is 12.9. The fourth-order valence-corrected chi connectivity index (χ4v) is 2.42. The minimum Gasteiger partial charge on any atom is -0.383 e. The molecule has 0 radical (unpaired) electrons. The number of hydrogen-bond donors (Lipinski definition) is 1. The third-order valence-electron chi connectivity index (χ3n) is 3.76. The molecule has 2 atom stereocenters. The summed E-state index contributed by atoms with van der Waals surface area (Å²) in [5.74, 6) is 0. The van der Waals surface area contributed by atoms with Crippen molar-refractivity contribution in [3.63, 3.8) is 0 Å². The maximum absolute atomic E-state index is 9.72. The van der Waals surface area contributed by atoms with Gasteiger partial charge in [0.05, 0.1) is 12.7 Å². The maximum atomic E-state index is 9.72. The summed E-state index contributed by atoms with van der Waals surface area (Å²) in [6, 6.07) is 12.6. The van der Waals surface area contributed by atoms with Gasteiger partial charge in [-0.1, -0.05) is 37.3 Å². The van der Waals surface area contributed by atoms with Crippen LogP contribution in [0.15, 0.2) is 30.3 Å². The Hall–Kier alpha value is -1.41. The number of nitrogens with zero attached hydrogens (tertiary/aromatic N) is 2. The highest BCUT2D eigenvalue weighted by Gasteiger charge is 2.33. The fourth-order valence-electron chi connectivity index (χ4n) is 2.42. The zero-order valence-electron chi connectivity index (χ0n) is 12.9. The molecule has 0 heterocycles. The van der Waals surface area contributed by atoms with Crippen LogP contribution in [-0.4, -0.2) is 44.8 Å². The molecule has 1 aromatic carbocycles. The molecule has 1 aromatic rings. The molecule has 0 aromatic heterocycles. The van der Waals surface area contributed by atoms with Crippen LogP contribution in [0, 0.1) is 11.3 Å².